The predicted molar refractivity (Wildman–Crippen MR) is 130 cm³/mol. The number of rotatable bonds is 5. The van der Waals surface area contributed by atoms with Crippen molar-refractivity contribution in [3.05, 3.63) is 29.5 Å². The van der Waals surface area contributed by atoms with Crippen LogP contribution in [0.15, 0.2) is 22.7 Å². The van der Waals surface area contributed by atoms with E-state index in [1.54, 1.807) is 25.0 Å². The highest BCUT2D eigenvalue weighted by Gasteiger charge is 2.35. The molecule has 1 N–H and O–H groups in total. The van der Waals surface area contributed by atoms with Gasteiger partial charge >= 0.3 is 0 Å². The molecule has 0 aliphatic carbocycles. The summed E-state index contributed by atoms with van der Waals surface area (Å²) in [5.41, 5.74) is 1.36. The van der Waals surface area contributed by atoms with Crippen LogP contribution in [-0.2, 0) is 0 Å². The molecule has 0 radical (unpaired) electrons. The van der Waals surface area contributed by atoms with Crippen molar-refractivity contribution in [1.29, 1.82) is 0 Å². The Kier molecular flexibility index (Phi) is 6.43. The Morgan fingerprint density at radius 1 is 1.11 bits per heavy atom. The summed E-state index contributed by atoms with van der Waals surface area (Å²) in [7, 11) is 1.60. The van der Waals surface area contributed by atoms with Gasteiger partial charge in [0.2, 0.25) is 5.95 Å². The topological polar surface area (TPSA) is 79.5 Å². The minimum Gasteiger partial charge on any atom is -0.495 e. The molecule has 0 spiro atoms. The second-order valence-electron chi connectivity index (χ2n) is 9.02. The predicted octanol–water partition coefficient (Wildman–Crippen LogP) is 4.36. The first kappa shape index (κ1) is 23.3. The lowest BCUT2D eigenvalue weighted by molar-refractivity contribution is -0.0222. The number of methoxy groups -OCH3 is 1. The number of nitrogens with zero attached hydrogens (tertiary/aromatic N) is 5. The van der Waals surface area contributed by atoms with Gasteiger partial charge in [0.25, 0.3) is 5.92 Å². The fourth-order valence-corrected chi connectivity index (χ4v) is 4.41. The van der Waals surface area contributed by atoms with Gasteiger partial charge < -0.3 is 19.5 Å². The zero-order chi connectivity index (χ0) is 24.4. The van der Waals surface area contributed by atoms with Crippen LogP contribution >= 0.6 is 0 Å². The first-order valence-corrected chi connectivity index (χ1v) is 11.8. The monoisotopic (exact) mass is 482 g/mol. The van der Waals surface area contributed by atoms with Gasteiger partial charge in [-0.25, -0.2) is 13.8 Å². The highest BCUT2D eigenvalue weighted by Crippen LogP contribution is 2.34. The molecule has 2 saturated heterocycles. The van der Waals surface area contributed by atoms with E-state index in [1.807, 2.05) is 12.1 Å². The van der Waals surface area contributed by atoms with Crippen LogP contribution in [0.5, 0.6) is 5.75 Å². The van der Waals surface area contributed by atoms with Gasteiger partial charge in [-0.1, -0.05) is 17.0 Å². The van der Waals surface area contributed by atoms with E-state index < -0.39 is 5.92 Å². The molecule has 0 unspecified atom stereocenters. The Morgan fingerprint density at radius 2 is 1.89 bits per heavy atom. The summed E-state index contributed by atoms with van der Waals surface area (Å²) in [6, 6.07) is 5.47. The van der Waals surface area contributed by atoms with Crippen molar-refractivity contribution in [2.24, 2.45) is 0 Å². The van der Waals surface area contributed by atoms with Gasteiger partial charge in [0.05, 0.1) is 24.7 Å². The van der Waals surface area contributed by atoms with E-state index in [0.717, 1.165) is 18.7 Å². The second-order valence-corrected chi connectivity index (χ2v) is 9.02. The summed E-state index contributed by atoms with van der Waals surface area (Å²) in [5.74, 6) is 6.45. The van der Waals surface area contributed by atoms with Gasteiger partial charge in [-0.3, -0.25) is 4.90 Å². The molecule has 3 aromatic rings. The van der Waals surface area contributed by atoms with E-state index in [1.165, 1.54) is 12.8 Å². The number of alkyl halides is 2. The van der Waals surface area contributed by atoms with Gasteiger partial charge in [-0.05, 0) is 45.0 Å². The van der Waals surface area contributed by atoms with Crippen LogP contribution in [0.4, 0.5) is 26.4 Å². The molecule has 10 heteroatoms. The van der Waals surface area contributed by atoms with Crippen molar-refractivity contribution in [2.45, 2.75) is 38.5 Å². The number of anilines is 3. The highest BCUT2D eigenvalue weighted by molar-refractivity contribution is 5.94. The molecule has 184 valence electrons. The normalized spacial score (nSPS) is 17.9. The number of aromatic nitrogens is 3. The van der Waals surface area contributed by atoms with Crippen molar-refractivity contribution < 1.29 is 18.0 Å². The summed E-state index contributed by atoms with van der Waals surface area (Å²) in [4.78, 5) is 13.5. The summed E-state index contributed by atoms with van der Waals surface area (Å²) in [5, 5.41) is 7.89. The van der Waals surface area contributed by atoms with Crippen molar-refractivity contribution >= 4 is 28.5 Å². The van der Waals surface area contributed by atoms with E-state index in [9.17, 15) is 8.78 Å². The maximum absolute atomic E-state index is 13.8. The second kappa shape index (κ2) is 9.66. The van der Waals surface area contributed by atoms with Gasteiger partial charge in [0, 0.05) is 37.4 Å². The van der Waals surface area contributed by atoms with Gasteiger partial charge in [0.1, 0.15) is 17.3 Å². The van der Waals surface area contributed by atoms with Gasteiger partial charge in [0.15, 0.2) is 5.82 Å². The number of hydrogen-bond acceptors (Lipinski definition) is 8. The van der Waals surface area contributed by atoms with E-state index >= 15 is 0 Å². The van der Waals surface area contributed by atoms with Crippen molar-refractivity contribution in [3.63, 3.8) is 0 Å². The third-order valence-electron chi connectivity index (χ3n) is 6.38. The van der Waals surface area contributed by atoms with Crippen LogP contribution < -0.4 is 15.0 Å². The first-order valence-electron chi connectivity index (χ1n) is 11.8. The third-order valence-corrected chi connectivity index (χ3v) is 6.38. The molecule has 0 atom stereocenters. The van der Waals surface area contributed by atoms with E-state index in [0.29, 0.717) is 46.5 Å². The third kappa shape index (κ3) is 5.30. The molecule has 0 bridgehead atoms. The number of ether oxygens (including phenoxy) is 1. The zero-order valence-electron chi connectivity index (χ0n) is 19.9. The average Bonchev–Trinajstić information content (AvgIpc) is 3.50. The number of hydrogen-bond donors (Lipinski definition) is 1. The van der Waals surface area contributed by atoms with Crippen LogP contribution in [0.2, 0.25) is 0 Å². The van der Waals surface area contributed by atoms with Crippen molar-refractivity contribution in [3.8, 4) is 17.6 Å². The SMILES string of the molecule is COc1cc2c(Nc3cc(C)on3)nc(N3CCC(F)(F)CC3)nc2cc1C#CCN1CCCC1. The number of aryl methyl sites for hydroxylation is 1. The molecule has 2 aliphatic heterocycles. The minimum absolute atomic E-state index is 0.180. The molecule has 2 fully saturated rings. The fourth-order valence-electron chi connectivity index (χ4n) is 4.41. The fraction of sp³-hybridized carbons (Fsp3) is 0.480. The van der Waals surface area contributed by atoms with Crippen molar-refractivity contribution in [2.75, 3.05) is 50.1 Å². The van der Waals surface area contributed by atoms with Crippen LogP contribution in [0.1, 0.15) is 37.0 Å². The quantitative estimate of drug-likeness (QED) is 0.538. The van der Waals surface area contributed by atoms with E-state index in [-0.39, 0.29) is 25.9 Å². The van der Waals surface area contributed by atoms with Crippen LogP contribution in [0.25, 0.3) is 10.9 Å². The molecule has 0 saturated carbocycles. The summed E-state index contributed by atoms with van der Waals surface area (Å²) < 4.78 is 38.3. The Balaban J connectivity index is 1.53. The average molecular weight is 483 g/mol. The van der Waals surface area contributed by atoms with Crippen LogP contribution in [0, 0.1) is 18.8 Å². The summed E-state index contributed by atoms with van der Waals surface area (Å²) in [6.07, 6.45) is 1.97. The van der Waals surface area contributed by atoms with Gasteiger partial charge in [-0.2, -0.15) is 4.98 Å². The summed E-state index contributed by atoms with van der Waals surface area (Å²) in [6.45, 7) is 5.01. The van der Waals surface area contributed by atoms with Crippen molar-refractivity contribution in [1.82, 2.24) is 20.0 Å². The molecule has 2 aromatic heterocycles. The molecule has 35 heavy (non-hydrogen) atoms. The number of piperidine rings is 1. The number of nitrogens with one attached hydrogen (secondary N) is 1. The molecular weight excluding hydrogens is 454 g/mol. The molecule has 1 aromatic carbocycles. The Morgan fingerprint density at radius 3 is 2.57 bits per heavy atom. The minimum atomic E-state index is -2.65. The number of halogens is 2. The van der Waals surface area contributed by atoms with Crippen LogP contribution in [0.3, 0.4) is 0 Å². The largest absolute Gasteiger partial charge is 0.495 e. The summed E-state index contributed by atoms with van der Waals surface area (Å²) >= 11 is 0. The lowest BCUT2D eigenvalue weighted by Crippen LogP contribution is -2.40. The number of benzene rings is 1. The zero-order valence-corrected chi connectivity index (χ0v) is 19.9. The Labute approximate surface area is 202 Å². The van der Waals surface area contributed by atoms with Gasteiger partial charge in [-0.15, -0.1) is 0 Å². The van der Waals surface area contributed by atoms with Crippen LogP contribution in [-0.4, -0.2) is 65.8 Å². The highest BCUT2D eigenvalue weighted by atomic mass is 19.3. The number of likely N-dealkylation sites (tertiary alicyclic amines) is 1. The molecule has 0 amide bonds. The number of fused-ring (bicyclic) bond motifs is 1. The Bertz CT molecular complexity index is 1270. The molecule has 2 aliphatic rings. The standard InChI is InChI=1S/C25H28F2N6O2/c1-17-14-22(31-35-17)29-23-19-16-21(34-2)18(6-5-11-32-9-3-4-10-32)15-20(19)28-24(30-23)33-12-7-25(26,27)8-13-33/h14-16H,3-4,7-13H2,1-2H3,(H,28,29,30,31). The smallest absolute Gasteiger partial charge is 0.251 e. The maximum Gasteiger partial charge on any atom is 0.251 e. The molecule has 4 heterocycles. The first-order chi connectivity index (χ1) is 16.9. The van der Waals surface area contributed by atoms with E-state index in [4.69, 9.17) is 14.2 Å². The molecule has 8 nitrogen and oxygen atoms in total. The molecular formula is C25H28F2N6O2. The lowest BCUT2D eigenvalue weighted by atomic mass is 10.1. The maximum atomic E-state index is 13.8. The lowest BCUT2D eigenvalue weighted by Gasteiger charge is -2.32. The Hall–Kier alpha value is -3.45. The van der Waals surface area contributed by atoms with E-state index in [2.05, 4.69) is 32.2 Å². The molecule has 5 rings (SSSR count).